The van der Waals surface area contributed by atoms with E-state index >= 15 is 0 Å². The molecule has 0 aliphatic rings. The third-order valence-electron chi connectivity index (χ3n) is 14.9. The summed E-state index contributed by atoms with van der Waals surface area (Å²) < 4.78 is 17.0. The molecule has 0 radical (unpaired) electrons. The van der Waals surface area contributed by atoms with Crippen LogP contribution in [0.2, 0.25) is 0 Å². The Morgan fingerprint density at radius 3 is 0.808 bits per heavy atom. The zero-order chi connectivity index (χ0) is 56.4. The van der Waals surface area contributed by atoms with E-state index in [1.54, 1.807) is 0 Å². The van der Waals surface area contributed by atoms with Gasteiger partial charge in [-0.2, -0.15) is 0 Å². The molecular weight excluding hydrogens is 961 g/mol. The molecule has 0 aromatic rings. The lowest BCUT2D eigenvalue weighted by Gasteiger charge is -2.18. The van der Waals surface area contributed by atoms with E-state index in [0.717, 1.165) is 96.3 Å². The largest absolute Gasteiger partial charge is 0.462 e. The molecule has 6 nitrogen and oxygen atoms in total. The van der Waals surface area contributed by atoms with E-state index < -0.39 is 6.10 Å². The first-order valence-corrected chi connectivity index (χ1v) is 33.9. The maximum atomic E-state index is 12.9. The quantitative estimate of drug-likeness (QED) is 0.0261. The highest BCUT2D eigenvalue weighted by molar-refractivity contribution is 5.71. The van der Waals surface area contributed by atoms with Gasteiger partial charge < -0.3 is 14.2 Å². The van der Waals surface area contributed by atoms with Crippen LogP contribution >= 0.6 is 0 Å². The van der Waals surface area contributed by atoms with Gasteiger partial charge in [0.2, 0.25) is 0 Å². The van der Waals surface area contributed by atoms with E-state index in [-0.39, 0.29) is 31.1 Å². The molecule has 0 aliphatic heterocycles. The van der Waals surface area contributed by atoms with Crippen molar-refractivity contribution in [2.75, 3.05) is 13.2 Å². The Morgan fingerprint density at radius 2 is 0.500 bits per heavy atom. The third kappa shape index (κ3) is 63.7. The van der Waals surface area contributed by atoms with Gasteiger partial charge in [0.25, 0.3) is 0 Å². The van der Waals surface area contributed by atoms with Crippen molar-refractivity contribution in [3.63, 3.8) is 0 Å². The summed E-state index contributed by atoms with van der Waals surface area (Å²) in [5.41, 5.74) is 0. The summed E-state index contributed by atoms with van der Waals surface area (Å²) in [6.45, 7) is 6.55. The van der Waals surface area contributed by atoms with Crippen LogP contribution in [-0.2, 0) is 28.6 Å². The second-order valence-corrected chi connectivity index (χ2v) is 22.7. The molecule has 0 saturated carbocycles. The van der Waals surface area contributed by atoms with Crippen molar-refractivity contribution in [2.24, 2.45) is 0 Å². The van der Waals surface area contributed by atoms with Crippen LogP contribution in [0.5, 0.6) is 0 Å². The first-order valence-electron chi connectivity index (χ1n) is 33.9. The standard InChI is InChI=1S/C72H128O6/c1-4-7-10-13-16-19-22-25-27-29-31-32-33-34-35-36-37-38-39-40-41-43-44-47-50-53-56-59-62-65-71(74)77-68-69(67-76-70(73)64-61-58-55-52-49-46-24-21-18-15-12-9-6-3)78-72(75)66-63-60-57-54-51-48-45-42-30-28-26-23-20-17-14-11-8-5-2/h7,10,16,19,21,24-25,27,31-32,34-35,69H,4-6,8-9,11-15,17-18,20,22-23,26,28-30,33,36-68H2,1-3H3/b10-7-,19-16-,24-21-,27-25-,32-31-,35-34-. The fourth-order valence-corrected chi connectivity index (χ4v) is 9.88. The molecule has 0 amide bonds. The minimum absolute atomic E-state index is 0.0741. The van der Waals surface area contributed by atoms with Gasteiger partial charge in [0.1, 0.15) is 13.2 Å². The van der Waals surface area contributed by atoms with Crippen LogP contribution in [0.15, 0.2) is 72.9 Å². The summed E-state index contributed by atoms with van der Waals surface area (Å²) in [6, 6.07) is 0. The zero-order valence-electron chi connectivity index (χ0n) is 51.9. The highest BCUT2D eigenvalue weighted by Crippen LogP contribution is 2.18. The Hall–Kier alpha value is -3.15. The molecule has 0 bridgehead atoms. The van der Waals surface area contributed by atoms with Crippen LogP contribution < -0.4 is 0 Å². The number of carbonyl (C=O) groups excluding carboxylic acids is 3. The maximum absolute atomic E-state index is 12.9. The molecule has 0 heterocycles. The molecule has 0 aliphatic carbocycles. The average molecular weight is 1090 g/mol. The predicted octanol–water partition coefficient (Wildman–Crippen LogP) is 23.3. The molecule has 0 aromatic carbocycles. The summed E-state index contributed by atoms with van der Waals surface area (Å²) in [4.78, 5) is 38.4. The van der Waals surface area contributed by atoms with E-state index in [2.05, 4.69) is 93.7 Å². The van der Waals surface area contributed by atoms with Crippen LogP contribution in [0.4, 0.5) is 0 Å². The molecule has 1 unspecified atom stereocenters. The highest BCUT2D eigenvalue weighted by Gasteiger charge is 2.19. The first-order chi connectivity index (χ1) is 38.5. The molecule has 0 fully saturated rings. The molecule has 1 atom stereocenters. The molecule has 0 rings (SSSR count). The Labute approximate surface area is 484 Å². The Morgan fingerprint density at radius 1 is 0.269 bits per heavy atom. The number of rotatable bonds is 62. The van der Waals surface area contributed by atoms with Crippen LogP contribution in [0.3, 0.4) is 0 Å². The second kappa shape index (κ2) is 66.4. The first kappa shape index (κ1) is 74.8. The fourth-order valence-electron chi connectivity index (χ4n) is 9.88. The molecule has 0 N–H and O–H groups in total. The van der Waals surface area contributed by atoms with Gasteiger partial charge in [0.05, 0.1) is 0 Å². The van der Waals surface area contributed by atoms with Crippen molar-refractivity contribution in [1.82, 2.24) is 0 Å². The molecule has 0 spiro atoms. The summed E-state index contributed by atoms with van der Waals surface area (Å²) >= 11 is 0. The maximum Gasteiger partial charge on any atom is 0.306 e. The van der Waals surface area contributed by atoms with Crippen molar-refractivity contribution < 1.29 is 28.6 Å². The van der Waals surface area contributed by atoms with Gasteiger partial charge in [-0.25, -0.2) is 0 Å². The van der Waals surface area contributed by atoms with Gasteiger partial charge in [0.15, 0.2) is 6.10 Å². The van der Waals surface area contributed by atoms with E-state index in [9.17, 15) is 14.4 Å². The smallest absolute Gasteiger partial charge is 0.306 e. The van der Waals surface area contributed by atoms with Gasteiger partial charge in [0, 0.05) is 19.3 Å². The van der Waals surface area contributed by atoms with Crippen LogP contribution in [0.25, 0.3) is 0 Å². The Kier molecular flexibility index (Phi) is 63.7. The van der Waals surface area contributed by atoms with E-state index in [0.29, 0.717) is 19.3 Å². The van der Waals surface area contributed by atoms with E-state index in [4.69, 9.17) is 14.2 Å². The van der Waals surface area contributed by atoms with Crippen molar-refractivity contribution in [2.45, 2.75) is 354 Å². The number of unbranched alkanes of at least 4 members (excludes halogenated alkanes) is 39. The molecule has 6 heteroatoms. The number of ether oxygens (including phenoxy) is 3. The molecule has 78 heavy (non-hydrogen) atoms. The topological polar surface area (TPSA) is 78.9 Å². The second-order valence-electron chi connectivity index (χ2n) is 22.7. The highest BCUT2D eigenvalue weighted by atomic mass is 16.6. The normalized spacial score (nSPS) is 12.5. The predicted molar refractivity (Wildman–Crippen MR) is 339 cm³/mol. The summed E-state index contributed by atoms with van der Waals surface area (Å²) in [5.74, 6) is -0.863. The Balaban J connectivity index is 4.23. The lowest BCUT2D eigenvalue weighted by atomic mass is 10.0. The summed E-state index contributed by atoms with van der Waals surface area (Å²) in [6.07, 6.45) is 86.3. The monoisotopic (exact) mass is 1090 g/mol. The fraction of sp³-hybridized carbons (Fsp3) is 0.792. The number of allylic oxidation sites excluding steroid dienone is 12. The molecular formula is C72H128O6. The summed E-state index contributed by atoms with van der Waals surface area (Å²) in [7, 11) is 0. The zero-order valence-corrected chi connectivity index (χ0v) is 51.9. The van der Waals surface area contributed by atoms with Crippen molar-refractivity contribution in [3.05, 3.63) is 72.9 Å². The number of esters is 3. The van der Waals surface area contributed by atoms with Crippen LogP contribution in [0, 0.1) is 0 Å². The van der Waals surface area contributed by atoms with Crippen LogP contribution in [0.1, 0.15) is 348 Å². The van der Waals surface area contributed by atoms with Gasteiger partial charge in [-0.3, -0.25) is 14.4 Å². The summed E-state index contributed by atoms with van der Waals surface area (Å²) in [5, 5.41) is 0. The molecule has 0 aromatic heterocycles. The number of hydrogen-bond donors (Lipinski definition) is 0. The molecule has 0 saturated heterocycles. The van der Waals surface area contributed by atoms with Crippen molar-refractivity contribution in [3.8, 4) is 0 Å². The van der Waals surface area contributed by atoms with Gasteiger partial charge >= 0.3 is 17.9 Å². The minimum Gasteiger partial charge on any atom is -0.462 e. The minimum atomic E-state index is -0.777. The van der Waals surface area contributed by atoms with Crippen molar-refractivity contribution in [1.29, 1.82) is 0 Å². The van der Waals surface area contributed by atoms with Gasteiger partial charge in [-0.1, -0.05) is 312 Å². The van der Waals surface area contributed by atoms with E-state index in [1.807, 2.05) is 0 Å². The SMILES string of the molecule is CC/C=C\C/C=C\C/C=C\C/C=C\C/C=C\CCCCCCCCCCCCCCCC(=O)OCC(COC(=O)CCCCCCC/C=C\CCCCCC)OC(=O)CCCCCCCCCCCCCCCCCCCC. The van der Waals surface area contributed by atoms with Crippen LogP contribution in [-0.4, -0.2) is 37.2 Å². The number of hydrogen-bond acceptors (Lipinski definition) is 6. The third-order valence-corrected chi connectivity index (χ3v) is 14.9. The van der Waals surface area contributed by atoms with E-state index in [1.165, 1.54) is 212 Å². The van der Waals surface area contributed by atoms with Gasteiger partial charge in [-0.15, -0.1) is 0 Å². The van der Waals surface area contributed by atoms with Crippen molar-refractivity contribution >= 4 is 17.9 Å². The lowest BCUT2D eigenvalue weighted by molar-refractivity contribution is -0.167. The average Bonchev–Trinajstić information content (AvgIpc) is 3.44. The molecule has 452 valence electrons. The Bertz CT molecular complexity index is 1440. The lowest BCUT2D eigenvalue weighted by Crippen LogP contribution is -2.30. The number of carbonyl (C=O) groups is 3. The van der Waals surface area contributed by atoms with Gasteiger partial charge in [-0.05, 0) is 89.9 Å².